The summed E-state index contributed by atoms with van der Waals surface area (Å²) < 4.78 is 6.41. The van der Waals surface area contributed by atoms with Crippen LogP contribution >= 0.6 is 15.9 Å². The summed E-state index contributed by atoms with van der Waals surface area (Å²) in [6.45, 7) is 1.74. The average molecular weight is 280 g/mol. The van der Waals surface area contributed by atoms with Gasteiger partial charge in [-0.05, 0) is 36.7 Å². The van der Waals surface area contributed by atoms with Crippen LogP contribution in [0, 0.1) is 0 Å². The van der Waals surface area contributed by atoms with Gasteiger partial charge in [-0.2, -0.15) is 0 Å². The van der Waals surface area contributed by atoms with Gasteiger partial charge in [-0.1, -0.05) is 34.1 Å². The maximum absolute atomic E-state index is 5.24. The highest BCUT2D eigenvalue weighted by Gasteiger charge is 1.98. The lowest BCUT2D eigenvalue weighted by atomic mass is 10.1. The molecule has 1 heterocycles. The SMILES string of the molecule is Brc1ccccc1CCNCc1ccco1. The van der Waals surface area contributed by atoms with E-state index in [0.29, 0.717) is 0 Å². The van der Waals surface area contributed by atoms with E-state index in [0.717, 1.165) is 25.3 Å². The van der Waals surface area contributed by atoms with Crippen LogP contribution in [0.1, 0.15) is 11.3 Å². The van der Waals surface area contributed by atoms with Crippen molar-refractivity contribution in [2.45, 2.75) is 13.0 Å². The van der Waals surface area contributed by atoms with Crippen molar-refractivity contribution < 1.29 is 4.42 Å². The third-order valence-corrected chi connectivity index (χ3v) is 3.18. The quantitative estimate of drug-likeness (QED) is 0.849. The van der Waals surface area contributed by atoms with Crippen molar-refractivity contribution in [3.63, 3.8) is 0 Å². The van der Waals surface area contributed by atoms with Crippen molar-refractivity contribution in [2.24, 2.45) is 0 Å². The van der Waals surface area contributed by atoms with E-state index in [-0.39, 0.29) is 0 Å². The molecule has 0 amide bonds. The summed E-state index contributed by atoms with van der Waals surface area (Å²) in [5, 5.41) is 3.35. The Morgan fingerprint density at radius 1 is 1.12 bits per heavy atom. The Kier molecular flexibility index (Phi) is 4.19. The summed E-state index contributed by atoms with van der Waals surface area (Å²) in [5.41, 5.74) is 1.33. The number of rotatable bonds is 5. The summed E-state index contributed by atoms with van der Waals surface area (Å²) in [7, 11) is 0. The lowest BCUT2D eigenvalue weighted by Crippen LogP contribution is -2.16. The van der Waals surface area contributed by atoms with Crippen LogP contribution in [0.3, 0.4) is 0 Å². The van der Waals surface area contributed by atoms with Gasteiger partial charge in [0.1, 0.15) is 5.76 Å². The van der Waals surface area contributed by atoms with Gasteiger partial charge in [-0.3, -0.25) is 0 Å². The summed E-state index contributed by atoms with van der Waals surface area (Å²) in [6, 6.07) is 12.2. The molecule has 84 valence electrons. The Morgan fingerprint density at radius 2 is 2.00 bits per heavy atom. The van der Waals surface area contributed by atoms with Gasteiger partial charge >= 0.3 is 0 Å². The van der Waals surface area contributed by atoms with Gasteiger partial charge in [-0.25, -0.2) is 0 Å². The van der Waals surface area contributed by atoms with E-state index in [2.05, 4.69) is 39.4 Å². The zero-order valence-corrected chi connectivity index (χ0v) is 10.5. The Labute approximate surface area is 104 Å². The summed E-state index contributed by atoms with van der Waals surface area (Å²) in [5.74, 6) is 0.979. The molecule has 0 radical (unpaired) electrons. The minimum absolute atomic E-state index is 0.789. The normalized spacial score (nSPS) is 10.6. The van der Waals surface area contributed by atoms with Crippen LogP contribution in [-0.4, -0.2) is 6.54 Å². The molecule has 3 heteroatoms. The maximum atomic E-state index is 5.24. The number of halogens is 1. The van der Waals surface area contributed by atoms with Crippen molar-refractivity contribution in [1.29, 1.82) is 0 Å². The molecule has 0 saturated heterocycles. The van der Waals surface area contributed by atoms with Gasteiger partial charge in [0.2, 0.25) is 0 Å². The summed E-state index contributed by atoms with van der Waals surface area (Å²) in [6.07, 6.45) is 2.72. The lowest BCUT2D eigenvalue weighted by molar-refractivity contribution is 0.484. The van der Waals surface area contributed by atoms with Crippen molar-refractivity contribution in [3.05, 3.63) is 58.5 Å². The minimum atomic E-state index is 0.789. The van der Waals surface area contributed by atoms with E-state index in [1.54, 1.807) is 6.26 Å². The van der Waals surface area contributed by atoms with Gasteiger partial charge < -0.3 is 9.73 Å². The summed E-state index contributed by atoms with van der Waals surface area (Å²) in [4.78, 5) is 0. The zero-order chi connectivity index (χ0) is 11.2. The zero-order valence-electron chi connectivity index (χ0n) is 8.95. The van der Waals surface area contributed by atoms with Crippen LogP contribution < -0.4 is 5.32 Å². The molecule has 2 rings (SSSR count). The average Bonchev–Trinajstić information content (AvgIpc) is 2.79. The van der Waals surface area contributed by atoms with E-state index in [9.17, 15) is 0 Å². The topological polar surface area (TPSA) is 25.2 Å². The fraction of sp³-hybridized carbons (Fsp3) is 0.231. The van der Waals surface area contributed by atoms with Crippen LogP contribution in [-0.2, 0) is 13.0 Å². The molecule has 0 spiro atoms. The molecule has 0 fully saturated rings. The third-order valence-electron chi connectivity index (χ3n) is 2.41. The van der Waals surface area contributed by atoms with Crippen molar-refractivity contribution in [1.82, 2.24) is 5.32 Å². The molecule has 1 aromatic heterocycles. The van der Waals surface area contributed by atoms with Gasteiger partial charge in [0.05, 0.1) is 12.8 Å². The first-order valence-corrected chi connectivity index (χ1v) is 6.12. The van der Waals surface area contributed by atoms with Crippen LogP contribution in [0.5, 0.6) is 0 Å². The Balaban J connectivity index is 1.74. The second-order valence-electron chi connectivity index (χ2n) is 3.60. The Morgan fingerprint density at radius 3 is 2.75 bits per heavy atom. The van der Waals surface area contributed by atoms with E-state index in [1.165, 1.54) is 10.0 Å². The van der Waals surface area contributed by atoms with Crippen LogP contribution in [0.4, 0.5) is 0 Å². The maximum Gasteiger partial charge on any atom is 0.117 e. The molecular weight excluding hydrogens is 266 g/mol. The number of furan rings is 1. The Bertz CT molecular complexity index is 425. The van der Waals surface area contributed by atoms with E-state index >= 15 is 0 Å². The van der Waals surface area contributed by atoms with Gasteiger partial charge in [-0.15, -0.1) is 0 Å². The molecule has 0 aliphatic rings. The molecule has 0 aliphatic heterocycles. The molecule has 0 bridgehead atoms. The highest BCUT2D eigenvalue weighted by molar-refractivity contribution is 9.10. The molecular formula is C13H14BrNO. The molecule has 0 atom stereocenters. The number of hydrogen-bond acceptors (Lipinski definition) is 2. The molecule has 0 saturated carbocycles. The minimum Gasteiger partial charge on any atom is -0.468 e. The highest BCUT2D eigenvalue weighted by atomic mass is 79.9. The molecule has 2 aromatic rings. The first-order chi connectivity index (χ1) is 7.86. The van der Waals surface area contributed by atoms with Crippen molar-refractivity contribution in [3.8, 4) is 0 Å². The molecule has 16 heavy (non-hydrogen) atoms. The molecule has 1 aromatic carbocycles. The number of hydrogen-bond donors (Lipinski definition) is 1. The molecule has 1 N–H and O–H groups in total. The predicted molar refractivity (Wildman–Crippen MR) is 68.3 cm³/mol. The van der Waals surface area contributed by atoms with Gasteiger partial charge in [0, 0.05) is 4.47 Å². The third kappa shape index (κ3) is 3.22. The number of benzene rings is 1. The first-order valence-electron chi connectivity index (χ1n) is 5.33. The molecule has 2 nitrogen and oxygen atoms in total. The van der Waals surface area contributed by atoms with Crippen molar-refractivity contribution in [2.75, 3.05) is 6.54 Å². The van der Waals surface area contributed by atoms with E-state index < -0.39 is 0 Å². The fourth-order valence-electron chi connectivity index (χ4n) is 1.55. The molecule has 0 unspecified atom stereocenters. The lowest BCUT2D eigenvalue weighted by Gasteiger charge is -2.05. The standard InChI is InChI=1S/C13H14BrNO/c14-13-6-2-1-4-11(13)7-8-15-10-12-5-3-9-16-12/h1-6,9,15H,7-8,10H2. The van der Waals surface area contributed by atoms with Gasteiger partial charge in [0.15, 0.2) is 0 Å². The van der Waals surface area contributed by atoms with Crippen LogP contribution in [0.25, 0.3) is 0 Å². The van der Waals surface area contributed by atoms with Crippen molar-refractivity contribution >= 4 is 15.9 Å². The largest absolute Gasteiger partial charge is 0.468 e. The monoisotopic (exact) mass is 279 g/mol. The van der Waals surface area contributed by atoms with Gasteiger partial charge in [0.25, 0.3) is 0 Å². The first kappa shape index (κ1) is 11.4. The second-order valence-corrected chi connectivity index (χ2v) is 4.45. The predicted octanol–water partition coefficient (Wildman–Crippen LogP) is 3.37. The van der Waals surface area contributed by atoms with Crippen LogP contribution in [0.15, 0.2) is 51.6 Å². The smallest absolute Gasteiger partial charge is 0.117 e. The van der Waals surface area contributed by atoms with Crippen LogP contribution in [0.2, 0.25) is 0 Å². The van der Waals surface area contributed by atoms with E-state index in [1.807, 2.05) is 18.2 Å². The Hall–Kier alpha value is -1.06. The summed E-state index contributed by atoms with van der Waals surface area (Å²) >= 11 is 3.54. The fourth-order valence-corrected chi connectivity index (χ4v) is 2.03. The number of nitrogens with one attached hydrogen (secondary N) is 1. The van der Waals surface area contributed by atoms with E-state index in [4.69, 9.17) is 4.42 Å². The highest BCUT2D eigenvalue weighted by Crippen LogP contribution is 2.15. The molecule has 0 aliphatic carbocycles. The second kappa shape index (κ2) is 5.87.